The number of hydrogen-bond acceptors (Lipinski definition) is 7. The van der Waals surface area contributed by atoms with Gasteiger partial charge in [-0.2, -0.15) is 8.61 Å². The van der Waals surface area contributed by atoms with Crippen LogP contribution < -0.4 is 10.1 Å². The van der Waals surface area contributed by atoms with Gasteiger partial charge in [-0.1, -0.05) is 6.07 Å². The predicted octanol–water partition coefficient (Wildman–Crippen LogP) is 1.98. The molecule has 2 aromatic carbocycles. The number of piperazine rings is 1. The first-order valence-corrected chi connectivity index (χ1v) is 15.1. The fourth-order valence-corrected chi connectivity index (χ4v) is 7.82. The molecule has 202 valence electrons. The van der Waals surface area contributed by atoms with E-state index in [2.05, 4.69) is 10.2 Å². The van der Waals surface area contributed by atoms with Crippen molar-refractivity contribution in [3.8, 4) is 5.75 Å². The Morgan fingerprint density at radius 2 is 1.59 bits per heavy atom. The highest BCUT2D eigenvalue weighted by atomic mass is 32.2. The van der Waals surface area contributed by atoms with E-state index in [1.54, 1.807) is 30.3 Å². The van der Waals surface area contributed by atoms with Gasteiger partial charge in [-0.25, -0.2) is 16.8 Å². The molecule has 10 nitrogen and oxygen atoms in total. The van der Waals surface area contributed by atoms with Crippen molar-refractivity contribution in [2.24, 2.45) is 5.92 Å². The second-order valence-electron chi connectivity index (χ2n) is 9.58. The lowest BCUT2D eigenvalue weighted by Gasteiger charge is -2.32. The van der Waals surface area contributed by atoms with Crippen LogP contribution in [0, 0.1) is 12.8 Å². The van der Waals surface area contributed by atoms with Crippen LogP contribution >= 0.6 is 0 Å². The van der Waals surface area contributed by atoms with Crippen molar-refractivity contribution in [2.45, 2.75) is 29.6 Å². The normalized spacial score (nSPS) is 20.5. The van der Waals surface area contributed by atoms with E-state index >= 15 is 0 Å². The van der Waals surface area contributed by atoms with Gasteiger partial charge in [0, 0.05) is 45.0 Å². The molecule has 2 aliphatic rings. The van der Waals surface area contributed by atoms with Crippen molar-refractivity contribution in [1.82, 2.24) is 13.5 Å². The van der Waals surface area contributed by atoms with Gasteiger partial charge in [0.1, 0.15) is 10.6 Å². The van der Waals surface area contributed by atoms with Crippen LogP contribution in [-0.2, 0) is 24.8 Å². The lowest BCUT2D eigenvalue weighted by atomic mass is 9.99. The second-order valence-corrected chi connectivity index (χ2v) is 13.4. The van der Waals surface area contributed by atoms with Gasteiger partial charge in [0.05, 0.1) is 17.9 Å². The molecule has 4 rings (SSSR count). The molecule has 0 aromatic heterocycles. The highest BCUT2D eigenvalue weighted by molar-refractivity contribution is 7.89. The standard InChI is InChI=1S/C25H34N4O6S2/c1-19-6-11-23(35-3)24(17-19)37(33,34)29-12-4-5-20(18-29)25(30)26-21-7-9-22(10-8-21)36(31,32)28-15-13-27(2)14-16-28/h6-11,17,20H,4-5,12-16,18H2,1-3H3,(H,26,30). The Bertz CT molecular complexity index is 1340. The van der Waals surface area contributed by atoms with Crippen molar-refractivity contribution in [3.05, 3.63) is 48.0 Å². The van der Waals surface area contributed by atoms with E-state index in [1.165, 1.54) is 27.9 Å². The maximum absolute atomic E-state index is 13.4. The van der Waals surface area contributed by atoms with E-state index < -0.39 is 26.0 Å². The van der Waals surface area contributed by atoms with Crippen LogP contribution in [0.5, 0.6) is 5.75 Å². The number of carbonyl (C=O) groups is 1. The number of methoxy groups -OCH3 is 1. The SMILES string of the molecule is COc1ccc(C)cc1S(=O)(=O)N1CCCC(C(=O)Nc2ccc(S(=O)(=O)N3CCN(C)CC3)cc2)C1. The third-order valence-electron chi connectivity index (χ3n) is 6.91. The van der Waals surface area contributed by atoms with Crippen molar-refractivity contribution >= 4 is 31.6 Å². The molecule has 1 N–H and O–H groups in total. The van der Waals surface area contributed by atoms with Crippen LogP contribution in [0.25, 0.3) is 0 Å². The summed E-state index contributed by atoms with van der Waals surface area (Å²) in [6.07, 6.45) is 1.10. The number of rotatable bonds is 7. The van der Waals surface area contributed by atoms with Gasteiger partial charge in [0.2, 0.25) is 26.0 Å². The number of benzene rings is 2. The molecule has 2 saturated heterocycles. The zero-order valence-electron chi connectivity index (χ0n) is 21.4. The van der Waals surface area contributed by atoms with E-state index in [-0.39, 0.29) is 28.0 Å². The van der Waals surface area contributed by atoms with Crippen molar-refractivity contribution in [3.63, 3.8) is 0 Å². The van der Waals surface area contributed by atoms with Gasteiger partial charge in [-0.05, 0) is 68.8 Å². The number of aryl methyl sites for hydroxylation is 1. The van der Waals surface area contributed by atoms with E-state index in [1.807, 2.05) is 14.0 Å². The summed E-state index contributed by atoms with van der Waals surface area (Å²) in [7, 11) is -4.06. The molecule has 1 atom stereocenters. The van der Waals surface area contributed by atoms with Gasteiger partial charge in [0.25, 0.3) is 0 Å². The van der Waals surface area contributed by atoms with Crippen LogP contribution in [0.3, 0.4) is 0 Å². The van der Waals surface area contributed by atoms with E-state index in [9.17, 15) is 21.6 Å². The fourth-order valence-electron chi connectivity index (χ4n) is 4.63. The van der Waals surface area contributed by atoms with E-state index in [0.29, 0.717) is 51.3 Å². The molecule has 2 fully saturated rings. The maximum atomic E-state index is 13.4. The fraction of sp³-hybridized carbons (Fsp3) is 0.480. The number of sulfonamides is 2. The molecule has 0 radical (unpaired) electrons. The molecule has 1 amide bonds. The first kappa shape index (κ1) is 27.5. The number of nitrogens with zero attached hydrogens (tertiary/aromatic N) is 3. The second kappa shape index (κ2) is 11.1. The summed E-state index contributed by atoms with van der Waals surface area (Å²) in [5.74, 6) is -0.567. The van der Waals surface area contributed by atoms with Crippen LogP contribution in [0.1, 0.15) is 18.4 Å². The molecule has 2 aromatic rings. The van der Waals surface area contributed by atoms with E-state index in [0.717, 1.165) is 5.56 Å². The van der Waals surface area contributed by atoms with Crippen molar-refractivity contribution in [1.29, 1.82) is 0 Å². The quantitative estimate of drug-likeness (QED) is 0.560. The Morgan fingerprint density at radius 1 is 0.919 bits per heavy atom. The minimum Gasteiger partial charge on any atom is -0.495 e. The lowest BCUT2D eigenvalue weighted by molar-refractivity contribution is -0.120. The van der Waals surface area contributed by atoms with Crippen LogP contribution in [0.15, 0.2) is 52.3 Å². The zero-order chi connectivity index (χ0) is 26.8. The molecule has 0 saturated carbocycles. The Kier molecular flexibility index (Phi) is 8.24. The minimum atomic E-state index is -3.85. The minimum absolute atomic E-state index is 0.0567. The molecule has 12 heteroatoms. The molecule has 0 spiro atoms. The molecule has 2 aliphatic heterocycles. The number of hydrogen-bond donors (Lipinski definition) is 1. The molecule has 2 heterocycles. The van der Waals surface area contributed by atoms with Gasteiger partial charge in [0.15, 0.2) is 0 Å². The summed E-state index contributed by atoms with van der Waals surface area (Å²) in [6, 6.07) is 11.1. The molecule has 37 heavy (non-hydrogen) atoms. The van der Waals surface area contributed by atoms with Gasteiger partial charge < -0.3 is 15.0 Å². The first-order chi connectivity index (χ1) is 17.5. The summed E-state index contributed by atoms with van der Waals surface area (Å²) in [6.45, 7) is 4.42. The topological polar surface area (TPSA) is 116 Å². The summed E-state index contributed by atoms with van der Waals surface area (Å²) in [5, 5.41) is 2.82. The number of carbonyl (C=O) groups excluding carboxylic acids is 1. The molecular formula is C25H34N4O6S2. The molecular weight excluding hydrogens is 516 g/mol. The Balaban J connectivity index is 1.43. The maximum Gasteiger partial charge on any atom is 0.246 e. The lowest BCUT2D eigenvalue weighted by Crippen LogP contribution is -2.47. The summed E-state index contributed by atoms with van der Waals surface area (Å²) >= 11 is 0. The number of nitrogens with one attached hydrogen (secondary N) is 1. The number of ether oxygens (including phenoxy) is 1. The highest BCUT2D eigenvalue weighted by Crippen LogP contribution is 2.31. The average molecular weight is 551 g/mol. The summed E-state index contributed by atoms with van der Waals surface area (Å²) < 4.78 is 60.7. The Labute approximate surface area is 219 Å². The largest absolute Gasteiger partial charge is 0.495 e. The predicted molar refractivity (Wildman–Crippen MR) is 141 cm³/mol. The molecule has 1 unspecified atom stereocenters. The smallest absolute Gasteiger partial charge is 0.246 e. The molecule has 0 aliphatic carbocycles. The van der Waals surface area contributed by atoms with Gasteiger partial charge in [-0.15, -0.1) is 0 Å². The molecule has 0 bridgehead atoms. The number of piperidine rings is 1. The monoisotopic (exact) mass is 550 g/mol. The highest BCUT2D eigenvalue weighted by Gasteiger charge is 2.35. The number of anilines is 1. The van der Waals surface area contributed by atoms with Gasteiger partial charge >= 0.3 is 0 Å². The first-order valence-electron chi connectivity index (χ1n) is 12.3. The number of amides is 1. The Morgan fingerprint density at radius 3 is 2.24 bits per heavy atom. The summed E-state index contributed by atoms with van der Waals surface area (Å²) in [5.41, 5.74) is 1.26. The van der Waals surface area contributed by atoms with Crippen LogP contribution in [-0.4, -0.2) is 89.7 Å². The Hall–Kier alpha value is -2.51. The third-order valence-corrected chi connectivity index (χ3v) is 10.7. The van der Waals surface area contributed by atoms with Crippen LogP contribution in [0.2, 0.25) is 0 Å². The van der Waals surface area contributed by atoms with E-state index in [4.69, 9.17) is 4.74 Å². The average Bonchev–Trinajstić information content (AvgIpc) is 2.89. The van der Waals surface area contributed by atoms with Crippen molar-refractivity contribution in [2.75, 3.05) is 58.7 Å². The number of likely N-dealkylation sites (N-methyl/N-ethyl adjacent to an activating group) is 1. The van der Waals surface area contributed by atoms with Crippen LogP contribution in [0.4, 0.5) is 5.69 Å². The third kappa shape index (κ3) is 5.99. The van der Waals surface area contributed by atoms with Gasteiger partial charge in [-0.3, -0.25) is 4.79 Å². The zero-order valence-corrected chi connectivity index (χ0v) is 23.0. The van der Waals surface area contributed by atoms with Crippen molar-refractivity contribution < 1.29 is 26.4 Å². The summed E-state index contributed by atoms with van der Waals surface area (Å²) in [4.78, 5) is 15.4.